The van der Waals surface area contributed by atoms with Gasteiger partial charge in [-0.1, -0.05) is 91.1 Å². The zero-order valence-corrected chi connectivity index (χ0v) is 22.6. The lowest BCUT2D eigenvalue weighted by atomic mass is 9.48. The lowest BCUT2D eigenvalue weighted by Crippen LogP contribution is -2.66. The minimum atomic E-state index is -0.00264. The predicted octanol–water partition coefficient (Wildman–Crippen LogP) is 9.53. The molecule has 1 fully saturated rings. The van der Waals surface area contributed by atoms with E-state index in [9.17, 15) is 0 Å². The smallest absolute Gasteiger partial charge is 0.0714 e. The van der Waals surface area contributed by atoms with Crippen LogP contribution in [0.4, 0.5) is 5.69 Å². The highest BCUT2D eigenvalue weighted by Crippen LogP contribution is 2.67. The maximum atomic E-state index is 2.72. The van der Waals surface area contributed by atoms with Gasteiger partial charge in [0.05, 0.1) is 16.6 Å². The maximum absolute atomic E-state index is 2.72. The van der Waals surface area contributed by atoms with Crippen LogP contribution < -0.4 is 4.90 Å². The highest BCUT2D eigenvalue weighted by Gasteiger charge is 2.63. The Morgan fingerprint density at radius 2 is 1.48 bits per heavy atom. The molecule has 3 atom stereocenters. The van der Waals surface area contributed by atoms with Gasteiger partial charge >= 0.3 is 0 Å². The number of aromatic nitrogens is 1. The Morgan fingerprint density at radius 3 is 2.33 bits per heavy atom. The first-order valence-electron chi connectivity index (χ1n) is 14.9. The van der Waals surface area contributed by atoms with E-state index in [1.807, 2.05) is 0 Å². The number of benzene rings is 3. The Bertz CT molecular complexity index is 1900. The quantitative estimate of drug-likeness (QED) is 0.263. The minimum Gasteiger partial charge on any atom is -0.335 e. The Balaban J connectivity index is 1.27. The predicted molar refractivity (Wildman–Crippen MR) is 168 cm³/mol. The number of allylic oxidation sites excluding steroid dienone is 10. The third-order valence-electron chi connectivity index (χ3n) is 10.0. The fourth-order valence-electron chi connectivity index (χ4n) is 8.49. The molecular formula is C38H32N2. The van der Waals surface area contributed by atoms with E-state index in [0.29, 0.717) is 11.8 Å². The van der Waals surface area contributed by atoms with E-state index in [4.69, 9.17) is 0 Å². The summed E-state index contributed by atoms with van der Waals surface area (Å²) in [6.45, 7) is 0. The van der Waals surface area contributed by atoms with Crippen molar-refractivity contribution in [2.75, 3.05) is 4.90 Å². The highest BCUT2D eigenvalue weighted by molar-refractivity contribution is 6.15. The van der Waals surface area contributed by atoms with Gasteiger partial charge in [-0.15, -0.1) is 0 Å². The fourth-order valence-corrected chi connectivity index (χ4v) is 8.49. The summed E-state index contributed by atoms with van der Waals surface area (Å²) in [4.78, 5) is 2.72. The van der Waals surface area contributed by atoms with Crippen LogP contribution >= 0.6 is 0 Å². The van der Waals surface area contributed by atoms with Crippen LogP contribution in [0.25, 0.3) is 33.1 Å². The summed E-state index contributed by atoms with van der Waals surface area (Å²) in [6, 6.07) is 25.2. The molecule has 4 aliphatic carbocycles. The van der Waals surface area contributed by atoms with Crippen LogP contribution in [0.1, 0.15) is 49.1 Å². The van der Waals surface area contributed by atoms with E-state index in [2.05, 4.69) is 131 Å². The monoisotopic (exact) mass is 516 g/mol. The molecule has 1 saturated carbocycles. The van der Waals surface area contributed by atoms with Gasteiger partial charge in [-0.05, 0) is 85.1 Å². The van der Waals surface area contributed by atoms with Crippen molar-refractivity contribution in [1.82, 2.24) is 4.57 Å². The first-order valence-corrected chi connectivity index (χ1v) is 14.9. The Kier molecular flexibility index (Phi) is 4.70. The van der Waals surface area contributed by atoms with Crippen molar-refractivity contribution in [3.05, 3.63) is 138 Å². The van der Waals surface area contributed by atoms with Gasteiger partial charge < -0.3 is 9.47 Å². The average Bonchev–Trinajstić information content (AvgIpc) is 3.35. The molecule has 5 aliphatic rings. The number of fused-ring (bicyclic) bond motifs is 5. The van der Waals surface area contributed by atoms with Gasteiger partial charge in [0.25, 0.3) is 0 Å². The van der Waals surface area contributed by atoms with Crippen LogP contribution in [0.2, 0.25) is 0 Å². The van der Waals surface area contributed by atoms with E-state index in [1.165, 1.54) is 62.0 Å². The number of anilines is 1. The molecule has 1 unspecified atom stereocenters. The molecule has 2 heteroatoms. The van der Waals surface area contributed by atoms with E-state index in [1.54, 1.807) is 0 Å². The average molecular weight is 517 g/mol. The molecule has 2 heterocycles. The summed E-state index contributed by atoms with van der Waals surface area (Å²) in [6.07, 6.45) is 26.6. The summed E-state index contributed by atoms with van der Waals surface area (Å²) < 4.78 is 2.52. The first kappa shape index (κ1) is 22.5. The molecule has 1 aromatic heterocycles. The third-order valence-corrected chi connectivity index (χ3v) is 10.0. The van der Waals surface area contributed by atoms with Crippen LogP contribution in [-0.2, 0) is 0 Å². The molecule has 0 saturated heterocycles. The van der Waals surface area contributed by atoms with Crippen molar-refractivity contribution in [3.63, 3.8) is 0 Å². The zero-order valence-electron chi connectivity index (χ0n) is 22.6. The summed E-state index contributed by atoms with van der Waals surface area (Å²) in [5.74, 6) is 0.974. The number of hydrogen-bond donors (Lipinski definition) is 0. The van der Waals surface area contributed by atoms with Crippen LogP contribution in [-0.4, -0.2) is 10.1 Å². The van der Waals surface area contributed by atoms with Crippen LogP contribution in [0.5, 0.6) is 0 Å². The molecule has 0 amide bonds. The van der Waals surface area contributed by atoms with Crippen molar-refractivity contribution >= 4 is 38.8 Å². The van der Waals surface area contributed by atoms with Crippen LogP contribution in [0, 0.1) is 5.92 Å². The SMILES string of the molecule is C1=CCCC(N2c3ccccc3[C@@H]3C[C@]24C=CC=C(c2cccc5c2c2ccccc2n5C2=CC=CCC2)C34)=C1. The summed E-state index contributed by atoms with van der Waals surface area (Å²) in [5, 5.41) is 2.75. The topological polar surface area (TPSA) is 8.17 Å². The van der Waals surface area contributed by atoms with E-state index in [0.717, 1.165) is 25.7 Å². The lowest BCUT2D eigenvalue weighted by Gasteiger charge is -2.66. The van der Waals surface area contributed by atoms with Crippen molar-refractivity contribution in [2.45, 2.75) is 43.6 Å². The van der Waals surface area contributed by atoms with Gasteiger partial charge in [-0.2, -0.15) is 0 Å². The molecule has 2 nitrogen and oxygen atoms in total. The summed E-state index contributed by atoms with van der Waals surface area (Å²) in [5.41, 5.74) is 11.3. The molecule has 40 heavy (non-hydrogen) atoms. The van der Waals surface area contributed by atoms with E-state index in [-0.39, 0.29) is 5.54 Å². The van der Waals surface area contributed by atoms with Crippen molar-refractivity contribution in [2.24, 2.45) is 5.92 Å². The number of rotatable bonds is 3. The highest BCUT2D eigenvalue weighted by atomic mass is 15.3. The van der Waals surface area contributed by atoms with Gasteiger partial charge in [0, 0.05) is 33.8 Å². The van der Waals surface area contributed by atoms with Crippen LogP contribution in [0.3, 0.4) is 0 Å². The van der Waals surface area contributed by atoms with Gasteiger partial charge in [0.1, 0.15) is 0 Å². The first-order chi connectivity index (χ1) is 19.9. The second-order valence-electron chi connectivity index (χ2n) is 12.0. The van der Waals surface area contributed by atoms with Gasteiger partial charge in [-0.3, -0.25) is 0 Å². The maximum Gasteiger partial charge on any atom is 0.0714 e. The molecule has 4 aromatic rings. The molecule has 9 rings (SSSR count). The molecule has 0 N–H and O–H groups in total. The molecule has 0 spiro atoms. The number of hydrogen-bond acceptors (Lipinski definition) is 1. The van der Waals surface area contributed by atoms with Gasteiger partial charge in [-0.25, -0.2) is 0 Å². The third kappa shape index (κ3) is 2.89. The second kappa shape index (κ2) is 8.35. The molecule has 1 aliphatic heterocycles. The molecule has 3 aromatic carbocycles. The van der Waals surface area contributed by atoms with Gasteiger partial charge in [0.15, 0.2) is 0 Å². The second-order valence-corrected chi connectivity index (χ2v) is 12.0. The van der Waals surface area contributed by atoms with Crippen LogP contribution in [0.15, 0.2) is 127 Å². The Labute approximate surface area is 235 Å². The largest absolute Gasteiger partial charge is 0.335 e. The van der Waals surface area contributed by atoms with E-state index < -0.39 is 0 Å². The van der Waals surface area contributed by atoms with Gasteiger partial charge in [0.2, 0.25) is 0 Å². The lowest BCUT2D eigenvalue weighted by molar-refractivity contribution is 0.165. The van der Waals surface area contributed by atoms with Crippen molar-refractivity contribution < 1.29 is 0 Å². The summed E-state index contributed by atoms with van der Waals surface area (Å²) in [7, 11) is 0. The standard InChI is InChI=1S/C38H32N2/c1-3-13-26(14-4-1)39-33-21-9-8-18-31(33)36-29(19-11-23-35(36)39)30-20-12-24-38-25-32(37(30)38)28-17-7-10-22-34(28)40(38)27-15-5-2-6-16-27/h1-3,5,7-13,15,17-24,32,37H,4,6,14,16,25H2/t32-,37?,38-/m0/s1. The van der Waals surface area contributed by atoms with Crippen molar-refractivity contribution in [1.29, 1.82) is 0 Å². The fraction of sp³-hybridized carbons (Fsp3) is 0.211. The zero-order chi connectivity index (χ0) is 26.3. The number of nitrogens with zero attached hydrogens (tertiary/aromatic N) is 2. The molecule has 2 bridgehead atoms. The normalized spacial score (nSPS) is 26.2. The summed E-state index contributed by atoms with van der Waals surface area (Å²) >= 11 is 0. The van der Waals surface area contributed by atoms with Crippen molar-refractivity contribution in [3.8, 4) is 0 Å². The molecular weight excluding hydrogens is 484 g/mol. The number of para-hydroxylation sites is 2. The Hall–Kier alpha value is -4.30. The minimum absolute atomic E-state index is 0.00264. The molecule has 0 radical (unpaired) electrons. The van der Waals surface area contributed by atoms with E-state index >= 15 is 0 Å². The Morgan fingerprint density at radius 1 is 0.700 bits per heavy atom. The molecule has 194 valence electrons.